The second-order valence-electron chi connectivity index (χ2n) is 5.34. The van der Waals surface area contributed by atoms with Crippen molar-refractivity contribution in [2.45, 2.75) is 6.54 Å². The summed E-state index contributed by atoms with van der Waals surface area (Å²) in [5.74, 6) is -0.448. The molecule has 3 heterocycles. The number of esters is 1. The molecule has 1 aliphatic rings. The number of hydrogen-bond acceptors (Lipinski definition) is 7. The van der Waals surface area contributed by atoms with Crippen LogP contribution in [0, 0.1) is 0 Å². The first-order valence-electron chi connectivity index (χ1n) is 7.39. The largest absolute Gasteiger partial charge is 0.465 e. The van der Waals surface area contributed by atoms with E-state index >= 15 is 0 Å². The van der Waals surface area contributed by atoms with Crippen LogP contribution in [0.2, 0.25) is 10.2 Å². The van der Waals surface area contributed by atoms with Gasteiger partial charge < -0.3 is 9.64 Å². The van der Waals surface area contributed by atoms with Gasteiger partial charge in [0.2, 0.25) is 0 Å². The Bertz CT molecular complexity index is 715. The molecule has 0 aromatic carbocycles. The quantitative estimate of drug-likeness (QED) is 0.752. The molecule has 0 spiro atoms. The number of halogens is 2. The third-order valence-corrected chi connectivity index (χ3v) is 5.47. The molecule has 1 saturated heterocycles. The van der Waals surface area contributed by atoms with E-state index in [2.05, 4.69) is 19.8 Å². The molecule has 1 fully saturated rings. The van der Waals surface area contributed by atoms with Crippen molar-refractivity contribution < 1.29 is 9.53 Å². The predicted octanol–water partition coefficient (Wildman–Crippen LogP) is 2.95. The molecule has 6 nitrogen and oxygen atoms in total. The van der Waals surface area contributed by atoms with E-state index in [1.54, 1.807) is 6.20 Å². The summed E-state index contributed by atoms with van der Waals surface area (Å²) in [7, 11) is 1.33. The lowest BCUT2D eigenvalue weighted by Crippen LogP contribution is -2.46. The Kier molecular flexibility index (Phi) is 5.55. The highest BCUT2D eigenvalue weighted by molar-refractivity contribution is 7.18. The fourth-order valence-corrected chi connectivity index (χ4v) is 3.83. The maximum atomic E-state index is 11.6. The number of thiazole rings is 1. The first-order chi connectivity index (χ1) is 11.6. The van der Waals surface area contributed by atoms with Crippen molar-refractivity contribution in [1.82, 2.24) is 14.9 Å². The van der Waals surface area contributed by atoms with Gasteiger partial charge in [0.05, 0.1) is 17.8 Å². The number of nitrogens with zero attached hydrogens (tertiary/aromatic N) is 4. The summed E-state index contributed by atoms with van der Waals surface area (Å²) >= 11 is 13.2. The third kappa shape index (κ3) is 3.97. The standard InChI is InChI=1S/C15H16Cl2N4O2S/c1-23-14(22)12-13(17)19-15(24-12)21-6-4-20(5-7-21)9-11-3-2-10(16)8-18-11/h2-3,8H,4-7,9H2,1H3. The Hall–Kier alpha value is -1.41. The Morgan fingerprint density at radius 1 is 1.29 bits per heavy atom. The normalized spacial score (nSPS) is 15.5. The lowest BCUT2D eigenvalue weighted by Gasteiger charge is -2.34. The molecule has 2 aromatic rings. The summed E-state index contributed by atoms with van der Waals surface area (Å²) < 4.78 is 4.71. The van der Waals surface area contributed by atoms with Crippen LogP contribution < -0.4 is 4.90 Å². The van der Waals surface area contributed by atoms with Crippen LogP contribution in [0.4, 0.5) is 5.13 Å². The Morgan fingerprint density at radius 3 is 2.67 bits per heavy atom. The molecule has 9 heteroatoms. The second-order valence-corrected chi connectivity index (χ2v) is 7.11. The zero-order chi connectivity index (χ0) is 17.1. The van der Waals surface area contributed by atoms with Crippen molar-refractivity contribution in [3.63, 3.8) is 0 Å². The number of aromatic nitrogens is 2. The molecule has 3 rings (SSSR count). The van der Waals surface area contributed by atoms with Crippen LogP contribution in [0.1, 0.15) is 15.4 Å². The minimum absolute atomic E-state index is 0.203. The lowest BCUT2D eigenvalue weighted by atomic mass is 10.3. The van der Waals surface area contributed by atoms with Crippen molar-refractivity contribution >= 4 is 45.6 Å². The number of carbonyl (C=O) groups is 1. The summed E-state index contributed by atoms with van der Waals surface area (Å²) in [6.45, 7) is 4.19. The second kappa shape index (κ2) is 7.65. The molecular formula is C15H16Cl2N4O2S. The molecular weight excluding hydrogens is 371 g/mol. The predicted molar refractivity (Wildman–Crippen MR) is 95.2 cm³/mol. The van der Waals surface area contributed by atoms with E-state index in [4.69, 9.17) is 27.9 Å². The molecule has 0 radical (unpaired) electrons. The molecule has 128 valence electrons. The number of hydrogen-bond donors (Lipinski definition) is 0. The van der Waals surface area contributed by atoms with Gasteiger partial charge >= 0.3 is 5.97 Å². The van der Waals surface area contributed by atoms with Gasteiger partial charge in [-0.05, 0) is 12.1 Å². The maximum absolute atomic E-state index is 11.6. The number of rotatable bonds is 4. The fraction of sp³-hybridized carbons (Fsp3) is 0.400. The summed E-state index contributed by atoms with van der Waals surface area (Å²) in [6.07, 6.45) is 1.67. The minimum Gasteiger partial charge on any atom is -0.465 e. The van der Waals surface area contributed by atoms with Gasteiger partial charge in [-0.2, -0.15) is 0 Å². The van der Waals surface area contributed by atoms with E-state index in [0.717, 1.165) is 43.5 Å². The van der Waals surface area contributed by atoms with Crippen molar-refractivity contribution in [2.24, 2.45) is 0 Å². The van der Waals surface area contributed by atoms with E-state index in [1.807, 2.05) is 12.1 Å². The van der Waals surface area contributed by atoms with Crippen LogP contribution >= 0.6 is 34.5 Å². The van der Waals surface area contributed by atoms with E-state index in [9.17, 15) is 4.79 Å². The molecule has 0 amide bonds. The van der Waals surface area contributed by atoms with Crippen molar-refractivity contribution in [3.8, 4) is 0 Å². The van der Waals surface area contributed by atoms with Gasteiger partial charge in [-0.15, -0.1) is 0 Å². The number of pyridine rings is 1. The van der Waals surface area contributed by atoms with Gasteiger partial charge in [0.25, 0.3) is 0 Å². The van der Waals surface area contributed by atoms with Crippen molar-refractivity contribution in [1.29, 1.82) is 0 Å². The lowest BCUT2D eigenvalue weighted by molar-refractivity contribution is 0.0606. The van der Waals surface area contributed by atoms with E-state index in [-0.39, 0.29) is 5.15 Å². The van der Waals surface area contributed by atoms with E-state index in [0.29, 0.717) is 9.90 Å². The molecule has 0 N–H and O–H groups in total. The van der Waals surface area contributed by atoms with Crippen LogP contribution in [0.25, 0.3) is 0 Å². The van der Waals surface area contributed by atoms with Crippen molar-refractivity contribution in [3.05, 3.63) is 39.1 Å². The number of anilines is 1. The number of carbonyl (C=O) groups excluding carboxylic acids is 1. The van der Waals surface area contributed by atoms with Gasteiger partial charge in [-0.1, -0.05) is 34.5 Å². The van der Waals surface area contributed by atoms with Gasteiger partial charge in [0.15, 0.2) is 15.2 Å². The number of ether oxygens (including phenoxy) is 1. The summed E-state index contributed by atoms with van der Waals surface area (Å²) in [6, 6.07) is 3.80. The molecule has 2 aromatic heterocycles. The molecule has 0 aliphatic carbocycles. The highest BCUT2D eigenvalue weighted by atomic mass is 35.5. The number of methoxy groups -OCH3 is 1. The molecule has 0 saturated carbocycles. The van der Waals surface area contributed by atoms with Crippen LogP contribution in [0.15, 0.2) is 18.3 Å². The third-order valence-electron chi connectivity index (χ3n) is 3.76. The molecule has 1 aliphatic heterocycles. The van der Waals surface area contributed by atoms with Gasteiger partial charge in [0.1, 0.15) is 0 Å². The van der Waals surface area contributed by atoms with E-state index in [1.165, 1.54) is 18.4 Å². The topological polar surface area (TPSA) is 58.6 Å². The molecule has 0 bridgehead atoms. The first-order valence-corrected chi connectivity index (χ1v) is 8.96. The van der Waals surface area contributed by atoms with Gasteiger partial charge in [-0.25, -0.2) is 9.78 Å². The Balaban J connectivity index is 1.59. The SMILES string of the molecule is COC(=O)c1sc(N2CCN(Cc3ccc(Cl)cn3)CC2)nc1Cl. The summed E-state index contributed by atoms with van der Waals surface area (Å²) in [5.41, 5.74) is 0.998. The monoisotopic (exact) mass is 386 g/mol. The summed E-state index contributed by atoms with van der Waals surface area (Å²) in [4.78, 5) is 25.0. The van der Waals surface area contributed by atoms with Crippen LogP contribution in [0.5, 0.6) is 0 Å². The summed E-state index contributed by atoms with van der Waals surface area (Å²) in [5, 5.41) is 1.60. The Morgan fingerprint density at radius 2 is 2.04 bits per heavy atom. The maximum Gasteiger partial charge on any atom is 0.351 e. The number of piperazine rings is 1. The molecule has 0 atom stereocenters. The zero-order valence-corrected chi connectivity index (χ0v) is 15.4. The Labute approximate surface area is 154 Å². The first kappa shape index (κ1) is 17.4. The fourth-order valence-electron chi connectivity index (χ4n) is 2.47. The smallest absolute Gasteiger partial charge is 0.351 e. The highest BCUT2D eigenvalue weighted by Crippen LogP contribution is 2.30. The highest BCUT2D eigenvalue weighted by Gasteiger charge is 2.24. The molecule has 0 unspecified atom stereocenters. The average Bonchev–Trinajstić information content (AvgIpc) is 2.99. The zero-order valence-electron chi connectivity index (χ0n) is 13.0. The van der Waals surface area contributed by atoms with E-state index < -0.39 is 5.97 Å². The van der Waals surface area contributed by atoms with Crippen LogP contribution in [-0.2, 0) is 11.3 Å². The van der Waals surface area contributed by atoms with Crippen LogP contribution in [-0.4, -0.2) is 54.1 Å². The average molecular weight is 387 g/mol. The van der Waals surface area contributed by atoms with Gasteiger partial charge in [-0.3, -0.25) is 9.88 Å². The van der Waals surface area contributed by atoms with Gasteiger partial charge in [0, 0.05) is 38.9 Å². The minimum atomic E-state index is -0.448. The van der Waals surface area contributed by atoms with Crippen LogP contribution in [0.3, 0.4) is 0 Å². The van der Waals surface area contributed by atoms with Crippen molar-refractivity contribution in [2.75, 3.05) is 38.2 Å². The molecule has 24 heavy (non-hydrogen) atoms.